The van der Waals surface area contributed by atoms with E-state index in [4.69, 9.17) is 4.74 Å². The zero-order valence-electron chi connectivity index (χ0n) is 14.2. The molecule has 1 fully saturated rings. The number of ether oxygens (including phenoxy) is 1. The van der Waals surface area contributed by atoms with Gasteiger partial charge < -0.3 is 15.0 Å². The highest BCUT2D eigenvalue weighted by Gasteiger charge is 2.28. The molecule has 0 aromatic carbocycles. The van der Waals surface area contributed by atoms with Gasteiger partial charge in [-0.15, -0.1) is 10.2 Å². The maximum Gasteiger partial charge on any atom is 0.405 e. The minimum absolute atomic E-state index is 0.143. The number of hydrogen-bond donors (Lipinski definition) is 1. The van der Waals surface area contributed by atoms with E-state index < -0.39 is 18.6 Å². The Balaban J connectivity index is 2.01. The molecule has 1 aromatic heterocycles. The summed E-state index contributed by atoms with van der Waals surface area (Å²) in [6, 6.07) is 0. The van der Waals surface area contributed by atoms with Crippen LogP contribution in [-0.4, -0.2) is 65.4 Å². The van der Waals surface area contributed by atoms with E-state index in [-0.39, 0.29) is 5.75 Å². The second-order valence-corrected chi connectivity index (χ2v) is 7.01. The van der Waals surface area contributed by atoms with Crippen LogP contribution in [0.4, 0.5) is 19.1 Å². The first-order valence-electron chi connectivity index (χ1n) is 7.98. The Morgan fingerprint density at radius 1 is 1.32 bits per heavy atom. The molecular weight excluding hydrogens is 359 g/mol. The number of nitrogens with one attached hydrogen (secondary N) is 1. The third-order valence-corrected chi connectivity index (χ3v) is 4.32. The number of rotatable bonds is 7. The molecule has 0 unspecified atom stereocenters. The van der Waals surface area contributed by atoms with E-state index >= 15 is 0 Å². The lowest BCUT2D eigenvalue weighted by molar-refractivity contribution is -0.136. The van der Waals surface area contributed by atoms with Crippen LogP contribution in [-0.2, 0) is 16.1 Å². The van der Waals surface area contributed by atoms with Crippen LogP contribution in [0.1, 0.15) is 13.8 Å². The van der Waals surface area contributed by atoms with E-state index in [0.29, 0.717) is 49.9 Å². The Morgan fingerprint density at radius 2 is 2.00 bits per heavy atom. The minimum atomic E-state index is -4.42. The van der Waals surface area contributed by atoms with Gasteiger partial charge in [0.1, 0.15) is 6.54 Å². The average molecular weight is 381 g/mol. The van der Waals surface area contributed by atoms with Gasteiger partial charge in [-0.3, -0.25) is 9.36 Å². The van der Waals surface area contributed by atoms with Crippen molar-refractivity contribution < 1.29 is 22.7 Å². The predicted molar refractivity (Wildman–Crippen MR) is 87.7 cm³/mol. The minimum Gasteiger partial charge on any atom is -0.378 e. The van der Waals surface area contributed by atoms with E-state index in [1.54, 1.807) is 0 Å². The summed E-state index contributed by atoms with van der Waals surface area (Å²) in [4.78, 5) is 13.7. The number of aromatic nitrogens is 3. The summed E-state index contributed by atoms with van der Waals surface area (Å²) in [7, 11) is 0. The summed E-state index contributed by atoms with van der Waals surface area (Å²) in [5, 5.41) is 10.7. The van der Waals surface area contributed by atoms with Gasteiger partial charge in [0.2, 0.25) is 11.9 Å². The van der Waals surface area contributed by atoms with Gasteiger partial charge in [0, 0.05) is 19.6 Å². The Hall–Kier alpha value is -1.49. The van der Waals surface area contributed by atoms with Crippen LogP contribution < -0.4 is 10.2 Å². The van der Waals surface area contributed by atoms with Crippen molar-refractivity contribution in [3.63, 3.8) is 0 Å². The summed E-state index contributed by atoms with van der Waals surface area (Å²) in [6.45, 7) is 6.05. The van der Waals surface area contributed by atoms with Gasteiger partial charge in [0.25, 0.3) is 0 Å². The van der Waals surface area contributed by atoms with Gasteiger partial charge >= 0.3 is 6.18 Å². The van der Waals surface area contributed by atoms with Crippen molar-refractivity contribution >= 4 is 23.6 Å². The van der Waals surface area contributed by atoms with Gasteiger partial charge in [-0.25, -0.2) is 0 Å². The normalized spacial score (nSPS) is 15.7. The van der Waals surface area contributed by atoms with E-state index in [9.17, 15) is 18.0 Å². The lowest BCUT2D eigenvalue weighted by Gasteiger charge is -2.28. The first-order valence-corrected chi connectivity index (χ1v) is 8.97. The van der Waals surface area contributed by atoms with Crippen molar-refractivity contribution in [3.05, 3.63) is 0 Å². The quantitative estimate of drug-likeness (QED) is 0.723. The molecule has 1 N–H and O–H groups in total. The fourth-order valence-corrected chi connectivity index (χ4v) is 3.06. The smallest absolute Gasteiger partial charge is 0.378 e. The first-order chi connectivity index (χ1) is 11.8. The van der Waals surface area contributed by atoms with Crippen molar-refractivity contribution in [1.82, 2.24) is 20.1 Å². The molecule has 2 heterocycles. The average Bonchev–Trinajstić information content (AvgIpc) is 2.93. The molecule has 2 rings (SSSR count). The van der Waals surface area contributed by atoms with Crippen molar-refractivity contribution in [2.45, 2.75) is 31.7 Å². The standard InChI is InChI=1S/C14H22F3N5O2S/c1-10(2)7-22-12(21-3-5-24-6-4-21)19-20-13(22)25-8-11(23)18-9-14(15,16)17/h10H,3-9H2,1-2H3,(H,18,23). The lowest BCUT2D eigenvalue weighted by Crippen LogP contribution is -2.38. The van der Waals surface area contributed by atoms with E-state index in [1.807, 2.05) is 23.7 Å². The molecule has 25 heavy (non-hydrogen) atoms. The van der Waals surface area contributed by atoms with Crippen LogP contribution in [0, 0.1) is 5.92 Å². The highest BCUT2D eigenvalue weighted by atomic mass is 32.2. The van der Waals surface area contributed by atoms with Gasteiger partial charge in [-0.05, 0) is 5.92 Å². The number of hydrogen-bond acceptors (Lipinski definition) is 6. The second-order valence-electron chi connectivity index (χ2n) is 6.07. The predicted octanol–water partition coefficient (Wildman–Crippen LogP) is 1.54. The van der Waals surface area contributed by atoms with E-state index in [0.717, 1.165) is 11.8 Å². The molecule has 142 valence electrons. The van der Waals surface area contributed by atoms with Crippen LogP contribution in [0.3, 0.4) is 0 Å². The summed E-state index contributed by atoms with van der Waals surface area (Å²) in [5.41, 5.74) is 0. The molecular formula is C14H22F3N5O2S. The Bertz CT molecular complexity index is 573. The molecule has 0 spiro atoms. The number of anilines is 1. The summed E-state index contributed by atoms with van der Waals surface area (Å²) >= 11 is 1.08. The number of alkyl halides is 3. The van der Waals surface area contributed by atoms with Crippen LogP contribution in [0.5, 0.6) is 0 Å². The molecule has 0 aliphatic carbocycles. The number of morpholine rings is 1. The number of carbonyl (C=O) groups excluding carboxylic acids is 1. The fourth-order valence-electron chi connectivity index (χ4n) is 2.29. The van der Waals surface area contributed by atoms with Crippen LogP contribution >= 0.6 is 11.8 Å². The van der Waals surface area contributed by atoms with Gasteiger partial charge in [-0.1, -0.05) is 25.6 Å². The maximum atomic E-state index is 12.1. The Kier molecular flexibility index (Phi) is 6.94. The second kappa shape index (κ2) is 8.75. The SMILES string of the molecule is CC(C)Cn1c(SCC(=O)NCC(F)(F)F)nnc1N1CCOCC1. The molecule has 0 bridgehead atoms. The maximum absolute atomic E-state index is 12.1. The van der Waals surface area contributed by atoms with Crippen molar-refractivity contribution in [2.75, 3.05) is 43.5 Å². The largest absolute Gasteiger partial charge is 0.405 e. The molecule has 0 radical (unpaired) electrons. The molecule has 0 atom stereocenters. The summed E-state index contributed by atoms with van der Waals surface area (Å²) in [6.07, 6.45) is -4.42. The summed E-state index contributed by atoms with van der Waals surface area (Å²) in [5.74, 6) is 0.203. The third-order valence-electron chi connectivity index (χ3n) is 3.36. The monoisotopic (exact) mass is 381 g/mol. The van der Waals surface area contributed by atoms with Crippen molar-refractivity contribution in [2.24, 2.45) is 5.92 Å². The number of thioether (sulfide) groups is 1. The molecule has 7 nitrogen and oxygen atoms in total. The Labute approximate surface area is 148 Å². The highest BCUT2D eigenvalue weighted by Crippen LogP contribution is 2.24. The molecule has 0 saturated carbocycles. The number of halogens is 3. The molecule has 11 heteroatoms. The first kappa shape index (κ1) is 19.8. The lowest BCUT2D eigenvalue weighted by atomic mass is 10.2. The van der Waals surface area contributed by atoms with E-state index in [2.05, 4.69) is 15.1 Å². The number of amides is 1. The van der Waals surface area contributed by atoms with Crippen molar-refractivity contribution in [3.8, 4) is 0 Å². The fraction of sp³-hybridized carbons (Fsp3) is 0.786. The zero-order valence-corrected chi connectivity index (χ0v) is 15.0. The molecule has 1 amide bonds. The van der Waals surface area contributed by atoms with Gasteiger partial charge in [-0.2, -0.15) is 13.2 Å². The van der Waals surface area contributed by atoms with Gasteiger partial charge in [0.15, 0.2) is 5.16 Å². The third kappa shape index (κ3) is 6.38. The molecule has 1 saturated heterocycles. The number of carbonyl (C=O) groups is 1. The van der Waals surface area contributed by atoms with E-state index in [1.165, 1.54) is 0 Å². The molecule has 1 aliphatic heterocycles. The summed E-state index contributed by atoms with van der Waals surface area (Å²) < 4.78 is 43.6. The van der Waals surface area contributed by atoms with Crippen LogP contribution in [0.2, 0.25) is 0 Å². The van der Waals surface area contributed by atoms with Gasteiger partial charge in [0.05, 0.1) is 19.0 Å². The highest BCUT2D eigenvalue weighted by molar-refractivity contribution is 7.99. The Morgan fingerprint density at radius 3 is 2.60 bits per heavy atom. The topological polar surface area (TPSA) is 72.3 Å². The van der Waals surface area contributed by atoms with Crippen LogP contribution in [0.25, 0.3) is 0 Å². The van der Waals surface area contributed by atoms with Crippen LogP contribution in [0.15, 0.2) is 5.16 Å². The zero-order chi connectivity index (χ0) is 18.4. The molecule has 1 aliphatic rings. The number of nitrogens with zero attached hydrogens (tertiary/aromatic N) is 4. The molecule has 1 aromatic rings. The van der Waals surface area contributed by atoms with Crippen molar-refractivity contribution in [1.29, 1.82) is 0 Å².